The summed E-state index contributed by atoms with van der Waals surface area (Å²) in [7, 11) is 4.13. The van der Waals surface area contributed by atoms with Crippen LogP contribution in [0.25, 0.3) is 0 Å². The molecule has 1 unspecified atom stereocenters. The van der Waals surface area contributed by atoms with Gasteiger partial charge in [0.05, 0.1) is 11.7 Å². The van der Waals surface area contributed by atoms with Gasteiger partial charge in [-0.1, -0.05) is 19.1 Å². The van der Waals surface area contributed by atoms with Crippen LogP contribution in [0.15, 0.2) is 36.5 Å². The summed E-state index contributed by atoms with van der Waals surface area (Å²) in [5.74, 6) is 0. The second-order valence-corrected chi connectivity index (χ2v) is 5.05. The molecule has 20 heavy (non-hydrogen) atoms. The molecule has 4 heteroatoms. The Labute approximate surface area is 121 Å². The molecule has 0 amide bonds. The number of aromatic nitrogens is 2. The van der Waals surface area contributed by atoms with Gasteiger partial charge in [-0.3, -0.25) is 4.68 Å². The number of anilines is 1. The third kappa shape index (κ3) is 3.02. The standard InChI is InChI=1S/C16H24N4/c1-5-17-16(15-10-11-18-20(15)6-2)13-8-7-9-14(12-13)19(3)4/h7-12,16-17H,5-6H2,1-4H3. The first-order valence-electron chi connectivity index (χ1n) is 7.19. The number of nitrogens with one attached hydrogen (secondary N) is 1. The predicted octanol–water partition coefficient (Wildman–Crippen LogP) is 2.67. The van der Waals surface area contributed by atoms with E-state index in [0.717, 1.165) is 13.1 Å². The first-order chi connectivity index (χ1) is 9.67. The molecule has 0 saturated carbocycles. The molecule has 4 nitrogen and oxygen atoms in total. The normalized spacial score (nSPS) is 12.4. The molecular weight excluding hydrogens is 248 g/mol. The van der Waals surface area contributed by atoms with E-state index in [2.05, 4.69) is 78.3 Å². The van der Waals surface area contributed by atoms with Crippen LogP contribution in [0.2, 0.25) is 0 Å². The Kier molecular flexibility index (Phi) is 4.79. The molecule has 108 valence electrons. The van der Waals surface area contributed by atoms with Crippen LogP contribution in [0.1, 0.15) is 31.1 Å². The summed E-state index contributed by atoms with van der Waals surface area (Å²) in [4.78, 5) is 2.13. The third-order valence-corrected chi connectivity index (χ3v) is 3.47. The summed E-state index contributed by atoms with van der Waals surface area (Å²) in [5, 5.41) is 7.95. The van der Waals surface area contributed by atoms with Gasteiger partial charge in [0.2, 0.25) is 0 Å². The van der Waals surface area contributed by atoms with Gasteiger partial charge in [0.25, 0.3) is 0 Å². The van der Waals surface area contributed by atoms with E-state index in [9.17, 15) is 0 Å². The minimum absolute atomic E-state index is 0.183. The van der Waals surface area contributed by atoms with E-state index in [1.807, 2.05) is 6.20 Å². The number of hydrogen-bond acceptors (Lipinski definition) is 3. The van der Waals surface area contributed by atoms with Crippen LogP contribution in [-0.2, 0) is 6.54 Å². The van der Waals surface area contributed by atoms with Gasteiger partial charge in [-0.25, -0.2) is 0 Å². The summed E-state index contributed by atoms with van der Waals surface area (Å²) >= 11 is 0. The number of benzene rings is 1. The van der Waals surface area contributed by atoms with Gasteiger partial charge in [0.15, 0.2) is 0 Å². The highest BCUT2D eigenvalue weighted by molar-refractivity contribution is 5.49. The van der Waals surface area contributed by atoms with Crippen molar-refractivity contribution in [3.8, 4) is 0 Å². The van der Waals surface area contributed by atoms with E-state index >= 15 is 0 Å². The Morgan fingerprint density at radius 3 is 2.70 bits per heavy atom. The molecule has 2 rings (SSSR count). The summed E-state index contributed by atoms with van der Waals surface area (Å²) < 4.78 is 2.05. The molecule has 2 aromatic rings. The van der Waals surface area contributed by atoms with Crippen molar-refractivity contribution in [1.29, 1.82) is 0 Å². The van der Waals surface area contributed by atoms with Crippen molar-refractivity contribution in [3.63, 3.8) is 0 Å². The highest BCUT2D eigenvalue weighted by atomic mass is 15.3. The Hall–Kier alpha value is -1.81. The summed E-state index contributed by atoms with van der Waals surface area (Å²) in [6, 6.07) is 10.9. The van der Waals surface area contributed by atoms with Crippen molar-refractivity contribution in [2.45, 2.75) is 26.4 Å². The number of hydrogen-bond donors (Lipinski definition) is 1. The molecule has 1 heterocycles. The second-order valence-electron chi connectivity index (χ2n) is 5.05. The van der Waals surface area contributed by atoms with Crippen LogP contribution in [0.3, 0.4) is 0 Å². The van der Waals surface area contributed by atoms with Gasteiger partial charge in [-0.05, 0) is 37.2 Å². The predicted molar refractivity (Wildman–Crippen MR) is 84.2 cm³/mol. The average molecular weight is 272 g/mol. The Morgan fingerprint density at radius 2 is 2.05 bits per heavy atom. The molecule has 1 aromatic heterocycles. The van der Waals surface area contributed by atoms with E-state index < -0.39 is 0 Å². The highest BCUT2D eigenvalue weighted by Crippen LogP contribution is 2.25. The Morgan fingerprint density at radius 1 is 1.25 bits per heavy atom. The smallest absolute Gasteiger partial charge is 0.0748 e. The molecule has 0 aliphatic carbocycles. The van der Waals surface area contributed by atoms with E-state index in [-0.39, 0.29) is 6.04 Å². The van der Waals surface area contributed by atoms with Gasteiger partial charge in [-0.2, -0.15) is 5.10 Å². The molecular formula is C16H24N4. The minimum atomic E-state index is 0.183. The SMILES string of the molecule is CCNC(c1cccc(N(C)C)c1)c1ccnn1CC. The van der Waals surface area contributed by atoms with Crippen molar-refractivity contribution in [1.82, 2.24) is 15.1 Å². The average Bonchev–Trinajstić information content (AvgIpc) is 2.93. The summed E-state index contributed by atoms with van der Waals surface area (Å²) in [5.41, 5.74) is 3.70. The molecule has 0 bridgehead atoms. The summed E-state index contributed by atoms with van der Waals surface area (Å²) in [6.45, 7) is 6.06. The lowest BCUT2D eigenvalue weighted by atomic mass is 10.0. The van der Waals surface area contributed by atoms with E-state index in [1.54, 1.807) is 0 Å². The Balaban J connectivity index is 2.40. The zero-order chi connectivity index (χ0) is 14.5. The van der Waals surface area contributed by atoms with Crippen LogP contribution >= 0.6 is 0 Å². The van der Waals surface area contributed by atoms with Gasteiger partial charge in [0, 0.05) is 32.5 Å². The zero-order valence-corrected chi connectivity index (χ0v) is 12.8. The summed E-state index contributed by atoms with van der Waals surface area (Å²) in [6.07, 6.45) is 1.87. The van der Waals surface area contributed by atoms with Crippen LogP contribution in [-0.4, -0.2) is 30.4 Å². The maximum absolute atomic E-state index is 4.39. The lowest BCUT2D eigenvalue weighted by molar-refractivity contribution is 0.542. The molecule has 1 aromatic carbocycles. The zero-order valence-electron chi connectivity index (χ0n) is 12.8. The second kappa shape index (κ2) is 6.57. The molecule has 1 atom stereocenters. The monoisotopic (exact) mass is 272 g/mol. The topological polar surface area (TPSA) is 33.1 Å². The van der Waals surface area contributed by atoms with Crippen LogP contribution in [0.5, 0.6) is 0 Å². The largest absolute Gasteiger partial charge is 0.378 e. The lowest BCUT2D eigenvalue weighted by Gasteiger charge is -2.21. The molecule has 0 aliphatic heterocycles. The number of nitrogens with zero attached hydrogens (tertiary/aromatic N) is 3. The lowest BCUT2D eigenvalue weighted by Crippen LogP contribution is -2.25. The fourth-order valence-corrected chi connectivity index (χ4v) is 2.43. The van der Waals surface area contributed by atoms with E-state index in [4.69, 9.17) is 0 Å². The van der Waals surface area contributed by atoms with E-state index in [1.165, 1.54) is 16.9 Å². The molecule has 0 aliphatic rings. The van der Waals surface area contributed by atoms with Gasteiger partial charge in [-0.15, -0.1) is 0 Å². The van der Waals surface area contributed by atoms with Gasteiger partial charge < -0.3 is 10.2 Å². The third-order valence-electron chi connectivity index (χ3n) is 3.47. The van der Waals surface area contributed by atoms with Crippen molar-refractivity contribution >= 4 is 5.69 Å². The van der Waals surface area contributed by atoms with Gasteiger partial charge in [0.1, 0.15) is 0 Å². The quantitative estimate of drug-likeness (QED) is 0.877. The maximum atomic E-state index is 4.39. The van der Waals surface area contributed by atoms with E-state index in [0.29, 0.717) is 0 Å². The Bertz CT molecular complexity index is 545. The first-order valence-corrected chi connectivity index (χ1v) is 7.19. The fraction of sp³-hybridized carbons (Fsp3) is 0.438. The van der Waals surface area contributed by atoms with Crippen molar-refractivity contribution < 1.29 is 0 Å². The van der Waals surface area contributed by atoms with Gasteiger partial charge >= 0.3 is 0 Å². The van der Waals surface area contributed by atoms with Crippen LogP contribution < -0.4 is 10.2 Å². The van der Waals surface area contributed by atoms with Crippen molar-refractivity contribution in [2.24, 2.45) is 0 Å². The first kappa shape index (κ1) is 14.6. The van der Waals surface area contributed by atoms with Crippen molar-refractivity contribution in [2.75, 3.05) is 25.5 Å². The fourth-order valence-electron chi connectivity index (χ4n) is 2.43. The molecule has 0 saturated heterocycles. The molecule has 1 N–H and O–H groups in total. The molecule has 0 fully saturated rings. The molecule has 0 radical (unpaired) electrons. The maximum Gasteiger partial charge on any atom is 0.0748 e. The highest BCUT2D eigenvalue weighted by Gasteiger charge is 2.17. The van der Waals surface area contributed by atoms with Crippen LogP contribution in [0.4, 0.5) is 5.69 Å². The van der Waals surface area contributed by atoms with Crippen molar-refractivity contribution in [3.05, 3.63) is 47.8 Å². The molecule has 0 spiro atoms. The number of aryl methyl sites for hydroxylation is 1. The number of rotatable bonds is 6. The van der Waals surface area contributed by atoms with Crippen LogP contribution in [0, 0.1) is 0 Å². The minimum Gasteiger partial charge on any atom is -0.378 e.